The molecule has 0 radical (unpaired) electrons. The normalized spacial score (nSPS) is 14.7. The molecular formula is C17H24N2O2. The van der Waals surface area contributed by atoms with Gasteiger partial charge in [-0.2, -0.15) is 0 Å². The van der Waals surface area contributed by atoms with Crippen LogP contribution in [-0.4, -0.2) is 54.7 Å². The number of likely N-dealkylation sites (N-methyl/N-ethyl adjacent to an activating group) is 1. The number of hydrogen-bond donors (Lipinski definition) is 0. The Morgan fingerprint density at radius 2 is 1.71 bits per heavy atom. The van der Waals surface area contributed by atoms with Crippen LogP contribution in [0.1, 0.15) is 35.7 Å². The van der Waals surface area contributed by atoms with Crippen LogP contribution in [0.2, 0.25) is 0 Å². The van der Waals surface area contributed by atoms with Gasteiger partial charge in [0, 0.05) is 18.7 Å². The average molecular weight is 288 g/mol. The van der Waals surface area contributed by atoms with E-state index in [0.717, 1.165) is 32.4 Å². The van der Waals surface area contributed by atoms with Gasteiger partial charge in [-0.15, -0.1) is 0 Å². The summed E-state index contributed by atoms with van der Waals surface area (Å²) in [5.74, 6) is 0.193. The Balaban J connectivity index is 1.84. The zero-order valence-corrected chi connectivity index (χ0v) is 13.0. The first-order valence-corrected chi connectivity index (χ1v) is 7.68. The number of carbonyl (C=O) groups is 2. The number of carbonyl (C=O) groups excluding carboxylic acids is 2. The summed E-state index contributed by atoms with van der Waals surface area (Å²) in [7, 11) is 1.83. The van der Waals surface area contributed by atoms with Crippen molar-refractivity contribution < 1.29 is 9.59 Å². The number of benzene rings is 1. The van der Waals surface area contributed by atoms with E-state index in [0.29, 0.717) is 12.1 Å². The lowest BCUT2D eigenvalue weighted by Crippen LogP contribution is -2.39. The van der Waals surface area contributed by atoms with Crippen LogP contribution in [0, 0.1) is 0 Å². The Kier molecular flexibility index (Phi) is 5.51. The van der Waals surface area contributed by atoms with E-state index in [1.807, 2.05) is 36.2 Å². The van der Waals surface area contributed by atoms with Gasteiger partial charge in [-0.05, 0) is 31.9 Å². The second-order valence-electron chi connectivity index (χ2n) is 5.73. The minimum absolute atomic E-state index is 0.0642. The standard InChI is InChI=1S/C17H24N2O2/c1-3-14-6-8-15(9-7-14)16(20)12-18(2)13-17(21)19-10-4-5-11-19/h6-9H,3-5,10-13H2,1-2H3. The molecule has 4 nitrogen and oxygen atoms in total. The fraction of sp³-hybridized carbons (Fsp3) is 0.529. The second kappa shape index (κ2) is 7.36. The molecule has 1 aliphatic rings. The zero-order chi connectivity index (χ0) is 15.2. The molecule has 114 valence electrons. The molecule has 1 saturated heterocycles. The van der Waals surface area contributed by atoms with Gasteiger partial charge in [0.05, 0.1) is 13.1 Å². The predicted octanol–water partition coefficient (Wildman–Crippen LogP) is 1.99. The van der Waals surface area contributed by atoms with Crippen LogP contribution < -0.4 is 0 Å². The lowest BCUT2D eigenvalue weighted by Gasteiger charge is -2.20. The van der Waals surface area contributed by atoms with Crippen molar-refractivity contribution in [1.82, 2.24) is 9.80 Å². The predicted molar refractivity (Wildman–Crippen MR) is 83.5 cm³/mol. The van der Waals surface area contributed by atoms with Crippen LogP contribution in [0.5, 0.6) is 0 Å². The average Bonchev–Trinajstić information content (AvgIpc) is 3.01. The highest BCUT2D eigenvalue weighted by atomic mass is 16.2. The largest absolute Gasteiger partial charge is 0.342 e. The maximum absolute atomic E-state index is 12.2. The summed E-state index contributed by atoms with van der Waals surface area (Å²) in [5.41, 5.74) is 1.94. The van der Waals surface area contributed by atoms with E-state index in [1.165, 1.54) is 5.56 Å². The van der Waals surface area contributed by atoms with Gasteiger partial charge >= 0.3 is 0 Å². The minimum Gasteiger partial charge on any atom is -0.342 e. The van der Waals surface area contributed by atoms with Crippen LogP contribution >= 0.6 is 0 Å². The van der Waals surface area contributed by atoms with E-state index in [4.69, 9.17) is 0 Å². The highest BCUT2D eigenvalue weighted by molar-refractivity contribution is 5.97. The first-order chi connectivity index (χ1) is 10.1. The van der Waals surface area contributed by atoms with Gasteiger partial charge in [-0.25, -0.2) is 0 Å². The molecule has 0 unspecified atom stereocenters. The Morgan fingerprint density at radius 3 is 2.29 bits per heavy atom. The summed E-state index contributed by atoms with van der Waals surface area (Å²) >= 11 is 0. The van der Waals surface area contributed by atoms with Gasteiger partial charge in [0.15, 0.2) is 5.78 Å². The van der Waals surface area contributed by atoms with Crippen molar-refractivity contribution >= 4 is 11.7 Å². The van der Waals surface area contributed by atoms with E-state index in [1.54, 1.807) is 4.90 Å². The molecule has 21 heavy (non-hydrogen) atoms. The monoisotopic (exact) mass is 288 g/mol. The fourth-order valence-electron chi connectivity index (χ4n) is 2.62. The van der Waals surface area contributed by atoms with Crippen LogP contribution in [0.15, 0.2) is 24.3 Å². The molecule has 1 aromatic carbocycles. The molecule has 0 aromatic heterocycles. The molecule has 1 aromatic rings. The Hall–Kier alpha value is -1.68. The molecule has 2 rings (SSSR count). The number of rotatable bonds is 6. The highest BCUT2D eigenvalue weighted by Crippen LogP contribution is 2.09. The molecule has 1 fully saturated rings. The van der Waals surface area contributed by atoms with Crippen molar-refractivity contribution in [3.05, 3.63) is 35.4 Å². The molecule has 0 bridgehead atoms. The smallest absolute Gasteiger partial charge is 0.236 e. The third kappa shape index (κ3) is 4.39. The number of hydrogen-bond acceptors (Lipinski definition) is 3. The quantitative estimate of drug-likeness (QED) is 0.752. The van der Waals surface area contributed by atoms with Crippen molar-refractivity contribution in [2.45, 2.75) is 26.2 Å². The van der Waals surface area contributed by atoms with Gasteiger partial charge < -0.3 is 4.90 Å². The molecule has 1 aliphatic heterocycles. The Bertz CT molecular complexity index is 490. The van der Waals surface area contributed by atoms with Crippen LogP contribution in [0.25, 0.3) is 0 Å². The Labute approximate surface area is 126 Å². The van der Waals surface area contributed by atoms with Crippen molar-refractivity contribution in [2.24, 2.45) is 0 Å². The lowest BCUT2D eigenvalue weighted by molar-refractivity contribution is -0.130. The third-order valence-corrected chi connectivity index (χ3v) is 3.96. The number of aryl methyl sites for hydroxylation is 1. The van der Waals surface area contributed by atoms with Crippen molar-refractivity contribution in [3.63, 3.8) is 0 Å². The van der Waals surface area contributed by atoms with Crippen LogP contribution in [0.3, 0.4) is 0 Å². The summed E-state index contributed by atoms with van der Waals surface area (Å²) in [6, 6.07) is 7.72. The van der Waals surface area contributed by atoms with E-state index in [-0.39, 0.29) is 18.2 Å². The number of nitrogens with zero attached hydrogens (tertiary/aromatic N) is 2. The third-order valence-electron chi connectivity index (χ3n) is 3.96. The first kappa shape index (κ1) is 15.7. The van der Waals surface area contributed by atoms with Gasteiger partial charge in [0.25, 0.3) is 0 Å². The highest BCUT2D eigenvalue weighted by Gasteiger charge is 2.20. The van der Waals surface area contributed by atoms with E-state index < -0.39 is 0 Å². The summed E-state index contributed by atoms with van der Waals surface area (Å²) in [6.07, 6.45) is 3.16. The molecule has 0 atom stereocenters. The summed E-state index contributed by atoms with van der Waals surface area (Å²) < 4.78 is 0. The molecular weight excluding hydrogens is 264 g/mol. The minimum atomic E-state index is 0.0642. The lowest BCUT2D eigenvalue weighted by atomic mass is 10.1. The number of ketones is 1. The Morgan fingerprint density at radius 1 is 1.10 bits per heavy atom. The van der Waals surface area contributed by atoms with Crippen LogP contribution in [-0.2, 0) is 11.2 Å². The summed E-state index contributed by atoms with van der Waals surface area (Å²) in [6.45, 7) is 4.41. The van der Waals surface area contributed by atoms with Crippen molar-refractivity contribution in [1.29, 1.82) is 0 Å². The fourth-order valence-corrected chi connectivity index (χ4v) is 2.62. The number of likely N-dealkylation sites (tertiary alicyclic amines) is 1. The van der Waals surface area contributed by atoms with Crippen molar-refractivity contribution in [2.75, 3.05) is 33.2 Å². The zero-order valence-electron chi connectivity index (χ0n) is 13.0. The molecule has 4 heteroatoms. The number of amides is 1. The molecule has 0 saturated carbocycles. The molecule has 1 heterocycles. The number of Topliss-reactive ketones (excluding diaryl/α,β-unsaturated/α-hetero) is 1. The molecule has 0 N–H and O–H groups in total. The molecule has 0 aliphatic carbocycles. The van der Waals surface area contributed by atoms with Gasteiger partial charge in [0.2, 0.25) is 5.91 Å². The topological polar surface area (TPSA) is 40.6 Å². The second-order valence-corrected chi connectivity index (χ2v) is 5.73. The SMILES string of the molecule is CCc1ccc(C(=O)CN(C)CC(=O)N2CCCC2)cc1. The molecule has 0 spiro atoms. The maximum atomic E-state index is 12.2. The van der Waals surface area contributed by atoms with E-state index >= 15 is 0 Å². The van der Waals surface area contributed by atoms with Gasteiger partial charge in [-0.1, -0.05) is 31.2 Å². The first-order valence-electron chi connectivity index (χ1n) is 7.68. The molecule has 1 amide bonds. The summed E-state index contributed by atoms with van der Waals surface area (Å²) in [5, 5.41) is 0. The van der Waals surface area contributed by atoms with Crippen LogP contribution in [0.4, 0.5) is 0 Å². The van der Waals surface area contributed by atoms with Crippen molar-refractivity contribution in [3.8, 4) is 0 Å². The van der Waals surface area contributed by atoms with E-state index in [2.05, 4.69) is 6.92 Å². The maximum Gasteiger partial charge on any atom is 0.236 e. The van der Waals surface area contributed by atoms with E-state index in [9.17, 15) is 9.59 Å². The van der Waals surface area contributed by atoms with Gasteiger partial charge in [0.1, 0.15) is 0 Å². The summed E-state index contributed by atoms with van der Waals surface area (Å²) in [4.78, 5) is 27.9. The van der Waals surface area contributed by atoms with Gasteiger partial charge in [-0.3, -0.25) is 14.5 Å².